The second kappa shape index (κ2) is 8.69. The third-order valence-corrected chi connectivity index (χ3v) is 5.61. The number of thiophene rings is 1. The van der Waals surface area contributed by atoms with Crippen LogP contribution in [0.25, 0.3) is 0 Å². The molecule has 0 bridgehead atoms. The number of carbonyl (C=O) groups is 1. The SMILES string of the molecule is Cc1ccc([N+](=O)[O-])c(OCC(=O)N2CCN(Cc3ccc(Cl)s3)CC2)c1. The number of ether oxygens (including phenoxy) is 1. The van der Waals surface area contributed by atoms with Gasteiger partial charge in [-0.3, -0.25) is 19.8 Å². The van der Waals surface area contributed by atoms with E-state index in [1.807, 2.05) is 19.1 Å². The number of rotatable bonds is 6. The number of benzene rings is 1. The van der Waals surface area contributed by atoms with Crippen molar-refractivity contribution in [2.24, 2.45) is 0 Å². The summed E-state index contributed by atoms with van der Waals surface area (Å²) >= 11 is 7.53. The topological polar surface area (TPSA) is 75.9 Å². The van der Waals surface area contributed by atoms with E-state index in [1.165, 1.54) is 10.9 Å². The van der Waals surface area contributed by atoms with Crippen molar-refractivity contribution in [3.63, 3.8) is 0 Å². The molecule has 1 saturated heterocycles. The van der Waals surface area contributed by atoms with Gasteiger partial charge in [0.25, 0.3) is 5.91 Å². The van der Waals surface area contributed by atoms with Gasteiger partial charge in [0, 0.05) is 43.7 Å². The minimum Gasteiger partial charge on any atom is -0.477 e. The molecule has 27 heavy (non-hydrogen) atoms. The molecule has 1 aliphatic rings. The van der Waals surface area contributed by atoms with Crippen LogP contribution in [0.15, 0.2) is 30.3 Å². The molecule has 1 fully saturated rings. The lowest BCUT2D eigenvalue weighted by Crippen LogP contribution is -2.49. The van der Waals surface area contributed by atoms with E-state index in [0.717, 1.165) is 29.5 Å². The van der Waals surface area contributed by atoms with E-state index in [9.17, 15) is 14.9 Å². The van der Waals surface area contributed by atoms with Crippen molar-refractivity contribution in [3.05, 3.63) is 55.2 Å². The average Bonchev–Trinajstić information content (AvgIpc) is 3.05. The lowest BCUT2D eigenvalue weighted by atomic mass is 10.2. The van der Waals surface area contributed by atoms with Crippen molar-refractivity contribution >= 4 is 34.5 Å². The molecule has 3 rings (SSSR count). The molecule has 0 aliphatic carbocycles. The van der Waals surface area contributed by atoms with E-state index in [1.54, 1.807) is 28.4 Å². The first kappa shape index (κ1) is 19.6. The maximum absolute atomic E-state index is 12.4. The molecular weight excluding hydrogens is 390 g/mol. The van der Waals surface area contributed by atoms with E-state index in [0.29, 0.717) is 13.1 Å². The highest BCUT2D eigenvalue weighted by molar-refractivity contribution is 7.16. The number of halogens is 1. The molecule has 2 heterocycles. The first-order valence-electron chi connectivity index (χ1n) is 8.54. The smallest absolute Gasteiger partial charge is 0.310 e. The Balaban J connectivity index is 1.50. The fourth-order valence-electron chi connectivity index (χ4n) is 2.93. The quantitative estimate of drug-likeness (QED) is 0.540. The van der Waals surface area contributed by atoms with Crippen molar-refractivity contribution in [2.45, 2.75) is 13.5 Å². The van der Waals surface area contributed by atoms with Crippen molar-refractivity contribution in [3.8, 4) is 5.75 Å². The Labute approximate surface area is 166 Å². The Morgan fingerprint density at radius 3 is 2.63 bits per heavy atom. The number of amides is 1. The summed E-state index contributed by atoms with van der Waals surface area (Å²) in [7, 11) is 0. The molecule has 0 atom stereocenters. The van der Waals surface area contributed by atoms with Crippen LogP contribution in [0.2, 0.25) is 4.34 Å². The number of hydrogen-bond donors (Lipinski definition) is 0. The van der Waals surface area contributed by atoms with Crippen LogP contribution in [0.3, 0.4) is 0 Å². The normalized spacial score (nSPS) is 15.0. The van der Waals surface area contributed by atoms with Gasteiger partial charge in [-0.1, -0.05) is 17.7 Å². The first-order chi connectivity index (χ1) is 12.9. The standard InChI is InChI=1S/C18H20ClN3O4S/c1-13-2-4-15(22(24)25)16(10-13)26-12-18(23)21-8-6-20(7-9-21)11-14-3-5-17(19)27-14/h2-5,10H,6-9,11-12H2,1H3. The van der Waals surface area contributed by atoms with Gasteiger partial charge in [-0.25, -0.2) is 0 Å². The van der Waals surface area contributed by atoms with Gasteiger partial charge < -0.3 is 9.64 Å². The van der Waals surface area contributed by atoms with E-state index < -0.39 is 4.92 Å². The summed E-state index contributed by atoms with van der Waals surface area (Å²) < 4.78 is 6.24. The maximum atomic E-state index is 12.4. The summed E-state index contributed by atoms with van der Waals surface area (Å²) in [6.07, 6.45) is 0. The number of nitro benzene ring substituents is 1. The third-order valence-electron chi connectivity index (χ3n) is 4.40. The van der Waals surface area contributed by atoms with Crippen LogP contribution in [0.5, 0.6) is 5.75 Å². The molecule has 0 spiro atoms. The van der Waals surface area contributed by atoms with Crippen LogP contribution in [-0.2, 0) is 11.3 Å². The second-order valence-corrected chi connectivity index (χ2v) is 8.18. The van der Waals surface area contributed by atoms with E-state index in [4.69, 9.17) is 16.3 Å². The molecule has 7 nitrogen and oxygen atoms in total. The summed E-state index contributed by atoms with van der Waals surface area (Å²) in [5, 5.41) is 11.1. The summed E-state index contributed by atoms with van der Waals surface area (Å²) in [5.74, 6) is -0.0359. The number of aryl methyl sites for hydroxylation is 1. The van der Waals surface area contributed by atoms with Gasteiger partial charge in [0.2, 0.25) is 0 Å². The zero-order chi connectivity index (χ0) is 19.4. The number of nitrogens with zero attached hydrogens (tertiary/aromatic N) is 3. The summed E-state index contributed by atoms with van der Waals surface area (Å²) in [5.41, 5.74) is 0.707. The summed E-state index contributed by atoms with van der Waals surface area (Å²) in [4.78, 5) is 28.2. The van der Waals surface area contributed by atoms with Crippen LogP contribution in [-0.4, -0.2) is 53.4 Å². The molecule has 144 valence electrons. The van der Waals surface area contributed by atoms with Crippen molar-refractivity contribution in [1.29, 1.82) is 0 Å². The molecule has 1 amide bonds. The van der Waals surface area contributed by atoms with Gasteiger partial charge in [-0.05, 0) is 30.7 Å². The Morgan fingerprint density at radius 2 is 2.00 bits per heavy atom. The van der Waals surface area contributed by atoms with Crippen LogP contribution in [0.4, 0.5) is 5.69 Å². The Kier molecular flexibility index (Phi) is 6.30. The zero-order valence-electron chi connectivity index (χ0n) is 14.9. The van der Waals surface area contributed by atoms with Crippen LogP contribution < -0.4 is 4.74 Å². The highest BCUT2D eigenvalue weighted by Gasteiger charge is 2.23. The van der Waals surface area contributed by atoms with Gasteiger partial charge in [-0.15, -0.1) is 11.3 Å². The number of nitro groups is 1. The minimum absolute atomic E-state index is 0.126. The second-order valence-electron chi connectivity index (χ2n) is 6.38. The van der Waals surface area contributed by atoms with Crippen molar-refractivity contribution in [2.75, 3.05) is 32.8 Å². The fourth-order valence-corrected chi connectivity index (χ4v) is 4.06. The Morgan fingerprint density at radius 1 is 1.26 bits per heavy atom. The largest absolute Gasteiger partial charge is 0.477 e. The zero-order valence-corrected chi connectivity index (χ0v) is 16.5. The lowest BCUT2D eigenvalue weighted by molar-refractivity contribution is -0.385. The molecular formula is C18H20ClN3O4S. The Hall–Kier alpha value is -2.16. The molecule has 2 aromatic rings. The fraction of sp³-hybridized carbons (Fsp3) is 0.389. The molecule has 0 N–H and O–H groups in total. The van der Waals surface area contributed by atoms with Gasteiger partial charge >= 0.3 is 5.69 Å². The summed E-state index contributed by atoms with van der Waals surface area (Å²) in [6, 6.07) is 8.53. The monoisotopic (exact) mass is 409 g/mol. The molecule has 0 saturated carbocycles. The van der Waals surface area contributed by atoms with Crippen molar-refractivity contribution < 1.29 is 14.5 Å². The highest BCUT2D eigenvalue weighted by atomic mass is 35.5. The van der Waals surface area contributed by atoms with E-state index >= 15 is 0 Å². The molecule has 0 radical (unpaired) electrons. The van der Waals surface area contributed by atoms with Gasteiger partial charge in [0.1, 0.15) is 0 Å². The number of hydrogen-bond acceptors (Lipinski definition) is 6. The average molecular weight is 410 g/mol. The lowest BCUT2D eigenvalue weighted by Gasteiger charge is -2.34. The minimum atomic E-state index is -0.505. The van der Waals surface area contributed by atoms with Gasteiger partial charge in [0.05, 0.1) is 9.26 Å². The predicted molar refractivity (Wildman–Crippen MR) is 105 cm³/mol. The van der Waals surface area contributed by atoms with Crippen LogP contribution in [0, 0.1) is 17.0 Å². The van der Waals surface area contributed by atoms with Crippen LogP contribution >= 0.6 is 22.9 Å². The van der Waals surface area contributed by atoms with Crippen LogP contribution in [0.1, 0.15) is 10.4 Å². The molecule has 9 heteroatoms. The van der Waals surface area contributed by atoms with Gasteiger partial charge in [0.15, 0.2) is 12.4 Å². The highest BCUT2D eigenvalue weighted by Crippen LogP contribution is 2.28. The molecule has 1 aromatic carbocycles. The molecule has 0 unspecified atom stereocenters. The number of carbonyl (C=O) groups excluding carboxylic acids is 1. The number of piperazine rings is 1. The molecule has 1 aliphatic heterocycles. The summed E-state index contributed by atoms with van der Waals surface area (Å²) in [6.45, 7) is 5.20. The Bertz CT molecular complexity index is 834. The van der Waals surface area contributed by atoms with E-state index in [-0.39, 0.29) is 24.0 Å². The van der Waals surface area contributed by atoms with E-state index in [2.05, 4.69) is 4.90 Å². The maximum Gasteiger partial charge on any atom is 0.310 e. The van der Waals surface area contributed by atoms with Crippen molar-refractivity contribution in [1.82, 2.24) is 9.80 Å². The molecule has 1 aromatic heterocycles. The first-order valence-corrected chi connectivity index (χ1v) is 9.74. The third kappa shape index (κ3) is 5.18. The predicted octanol–water partition coefficient (Wildman–Crippen LogP) is 3.34. The van der Waals surface area contributed by atoms with Gasteiger partial charge in [-0.2, -0.15) is 0 Å².